The van der Waals surface area contributed by atoms with E-state index >= 15 is 0 Å². The molecule has 0 fully saturated rings. The fourth-order valence-electron chi connectivity index (χ4n) is 8.08. The summed E-state index contributed by atoms with van der Waals surface area (Å²) in [5.74, 6) is 0. The lowest BCUT2D eigenvalue weighted by molar-refractivity contribution is 0.944. The van der Waals surface area contributed by atoms with E-state index in [-0.39, 0.29) is 0 Å². The van der Waals surface area contributed by atoms with Crippen molar-refractivity contribution >= 4 is 82.9 Å². The average Bonchev–Trinajstić information content (AvgIpc) is 3.61. The van der Waals surface area contributed by atoms with Gasteiger partial charge in [0, 0.05) is 43.5 Å². The lowest BCUT2D eigenvalue weighted by Crippen LogP contribution is -2.28. The smallest absolute Gasteiger partial charge is 0.0795 e. The second-order valence-electron chi connectivity index (χ2n) is 12.3. The maximum Gasteiger partial charge on any atom is 0.0795 e. The number of rotatable bonds is 2. The first-order valence-corrected chi connectivity index (χ1v) is 16.1. The molecular formula is C43H34N2. The van der Waals surface area contributed by atoms with Gasteiger partial charge in [-0.25, -0.2) is 0 Å². The predicted octanol–water partition coefficient (Wildman–Crippen LogP) is 10.3. The van der Waals surface area contributed by atoms with Crippen LogP contribution in [0.25, 0.3) is 88.6 Å². The van der Waals surface area contributed by atoms with E-state index in [9.17, 15) is 0 Å². The van der Waals surface area contributed by atoms with E-state index in [4.69, 9.17) is 0 Å². The van der Waals surface area contributed by atoms with Crippen molar-refractivity contribution in [3.63, 3.8) is 0 Å². The fraction of sp³-hybridized carbons (Fsp3) is 0.116. The van der Waals surface area contributed by atoms with Crippen molar-refractivity contribution in [2.45, 2.75) is 33.6 Å². The molecule has 1 aliphatic rings. The topological polar surface area (TPSA) is 9.86 Å². The van der Waals surface area contributed by atoms with Gasteiger partial charge < -0.3 is 9.13 Å². The summed E-state index contributed by atoms with van der Waals surface area (Å²) in [4.78, 5) is 0. The molecule has 0 aliphatic heterocycles. The molecule has 2 nitrogen and oxygen atoms in total. The van der Waals surface area contributed by atoms with Crippen LogP contribution in [0.3, 0.4) is 0 Å². The Labute approximate surface area is 262 Å². The number of allylic oxidation sites excluding steroid dienone is 4. The largest absolute Gasteiger partial charge is 0.311 e. The van der Waals surface area contributed by atoms with Crippen molar-refractivity contribution < 1.29 is 0 Å². The van der Waals surface area contributed by atoms with Crippen molar-refractivity contribution in [1.29, 1.82) is 0 Å². The Morgan fingerprint density at radius 2 is 1.40 bits per heavy atom. The molecule has 216 valence electrons. The zero-order valence-corrected chi connectivity index (χ0v) is 25.9. The number of hydrogen-bond acceptors (Lipinski definition) is 0. The Balaban J connectivity index is 1.68. The minimum atomic E-state index is 1.01. The number of aryl methyl sites for hydroxylation is 1. The van der Waals surface area contributed by atoms with E-state index in [1.807, 2.05) is 0 Å². The van der Waals surface area contributed by atoms with Gasteiger partial charge in [0.05, 0.1) is 16.6 Å². The van der Waals surface area contributed by atoms with Crippen LogP contribution in [-0.2, 0) is 0 Å². The molecule has 6 aromatic carbocycles. The quantitative estimate of drug-likeness (QED) is 0.181. The van der Waals surface area contributed by atoms with Crippen molar-refractivity contribution in [1.82, 2.24) is 9.13 Å². The highest BCUT2D eigenvalue weighted by atomic mass is 15.0. The van der Waals surface area contributed by atoms with Gasteiger partial charge in [-0.1, -0.05) is 103 Å². The first-order valence-electron chi connectivity index (χ1n) is 16.1. The second kappa shape index (κ2) is 9.84. The van der Waals surface area contributed by atoms with E-state index in [1.165, 1.54) is 92.5 Å². The monoisotopic (exact) mass is 578 g/mol. The highest BCUT2D eigenvalue weighted by molar-refractivity contribution is 6.38. The third-order valence-corrected chi connectivity index (χ3v) is 9.89. The van der Waals surface area contributed by atoms with Crippen LogP contribution in [0.15, 0.2) is 115 Å². The Kier molecular flexibility index (Phi) is 5.70. The lowest BCUT2D eigenvalue weighted by atomic mass is 9.92. The number of aromatic nitrogens is 2. The maximum atomic E-state index is 2.58. The predicted molar refractivity (Wildman–Crippen MR) is 196 cm³/mol. The van der Waals surface area contributed by atoms with Crippen LogP contribution in [0.4, 0.5) is 0 Å². The van der Waals surface area contributed by atoms with Crippen molar-refractivity contribution in [3.8, 4) is 5.69 Å². The van der Waals surface area contributed by atoms with Gasteiger partial charge in [0.25, 0.3) is 0 Å². The van der Waals surface area contributed by atoms with Crippen LogP contribution in [0.2, 0.25) is 0 Å². The number of hydrogen-bond donors (Lipinski definition) is 0. The molecule has 8 aromatic rings. The highest BCUT2D eigenvalue weighted by Gasteiger charge is 2.25. The molecule has 0 atom stereocenters. The Hall–Kier alpha value is -5.34. The lowest BCUT2D eigenvalue weighted by Gasteiger charge is -2.17. The first kappa shape index (κ1) is 26.1. The highest BCUT2D eigenvalue weighted by Crippen LogP contribution is 2.45. The minimum absolute atomic E-state index is 1.01. The molecule has 0 unspecified atom stereocenters. The normalized spacial score (nSPS) is 14.7. The summed E-state index contributed by atoms with van der Waals surface area (Å²) in [5.41, 5.74) is 7.60. The van der Waals surface area contributed by atoms with E-state index < -0.39 is 0 Å². The summed E-state index contributed by atoms with van der Waals surface area (Å²) in [6, 6.07) is 36.2. The van der Waals surface area contributed by atoms with Crippen molar-refractivity contribution in [3.05, 3.63) is 131 Å². The van der Waals surface area contributed by atoms with Gasteiger partial charge in [0.1, 0.15) is 0 Å². The second-order valence-corrected chi connectivity index (χ2v) is 12.3. The first-order chi connectivity index (χ1) is 22.2. The summed E-state index contributed by atoms with van der Waals surface area (Å²) < 4.78 is 5.11. The molecule has 0 amide bonds. The van der Waals surface area contributed by atoms with Gasteiger partial charge in [-0.05, 0) is 90.4 Å². The van der Waals surface area contributed by atoms with Gasteiger partial charge >= 0.3 is 0 Å². The summed E-state index contributed by atoms with van der Waals surface area (Å²) >= 11 is 0. The number of para-hydroxylation sites is 1. The molecular weight excluding hydrogens is 544 g/mol. The molecule has 0 N–H and O–H groups in total. The SMILES string of the molecule is C/C=c1\c(=C/C)n(C2=CC=CCC2)c2c1c1ccc3c4ccccc4ccc3c1c1c3ccccc3n(-c3cccc(C)c3)c12. The zero-order valence-electron chi connectivity index (χ0n) is 25.9. The van der Waals surface area contributed by atoms with Crippen LogP contribution in [0.5, 0.6) is 0 Å². The van der Waals surface area contributed by atoms with Crippen LogP contribution >= 0.6 is 0 Å². The van der Waals surface area contributed by atoms with Crippen LogP contribution in [0, 0.1) is 6.92 Å². The zero-order chi connectivity index (χ0) is 30.2. The standard InChI is InChI=1S/C43H34N2/c1-4-31-37(5-2)44(29-16-7-6-8-17-29)42-40(31)36-25-24-33-32-19-10-9-15-28(32)22-23-34(33)39(36)41-35-20-11-12-21-38(35)45(43(41)42)30-18-13-14-27(3)26-30/h4-7,9-16,18-26H,8,17H2,1-3H3/b31-4+,37-5+. The summed E-state index contributed by atoms with van der Waals surface area (Å²) in [7, 11) is 0. The van der Waals surface area contributed by atoms with Crippen LogP contribution in [-0.4, -0.2) is 9.13 Å². The molecule has 2 aromatic heterocycles. The van der Waals surface area contributed by atoms with Crippen LogP contribution < -0.4 is 10.6 Å². The van der Waals surface area contributed by atoms with Gasteiger partial charge in [-0.15, -0.1) is 0 Å². The van der Waals surface area contributed by atoms with E-state index in [1.54, 1.807) is 0 Å². The van der Waals surface area contributed by atoms with Crippen molar-refractivity contribution in [2.24, 2.45) is 0 Å². The number of fused-ring (bicyclic) bond motifs is 12. The van der Waals surface area contributed by atoms with Crippen molar-refractivity contribution in [2.75, 3.05) is 0 Å². The molecule has 2 heteroatoms. The van der Waals surface area contributed by atoms with Gasteiger partial charge in [0.2, 0.25) is 0 Å². The maximum absolute atomic E-state index is 2.58. The molecule has 0 radical (unpaired) electrons. The fourth-order valence-corrected chi connectivity index (χ4v) is 8.08. The van der Waals surface area contributed by atoms with Crippen LogP contribution in [0.1, 0.15) is 32.3 Å². The molecule has 0 saturated carbocycles. The minimum Gasteiger partial charge on any atom is -0.311 e. The summed E-state index contributed by atoms with van der Waals surface area (Å²) in [6.45, 7) is 6.58. The van der Waals surface area contributed by atoms with E-state index in [0.717, 1.165) is 12.8 Å². The summed E-state index contributed by atoms with van der Waals surface area (Å²) in [6.07, 6.45) is 13.5. The summed E-state index contributed by atoms with van der Waals surface area (Å²) in [5, 5.41) is 14.3. The number of nitrogens with zero attached hydrogens (tertiary/aromatic N) is 2. The molecule has 0 spiro atoms. The third-order valence-electron chi connectivity index (χ3n) is 9.89. The molecule has 45 heavy (non-hydrogen) atoms. The Morgan fingerprint density at radius 3 is 2.20 bits per heavy atom. The molecule has 1 aliphatic carbocycles. The van der Waals surface area contributed by atoms with Gasteiger partial charge in [0.15, 0.2) is 0 Å². The van der Waals surface area contributed by atoms with Gasteiger partial charge in [-0.3, -0.25) is 0 Å². The molecule has 2 heterocycles. The van der Waals surface area contributed by atoms with E-state index in [0.29, 0.717) is 0 Å². The average molecular weight is 579 g/mol. The Bertz CT molecular complexity index is 2730. The molecule has 9 rings (SSSR count). The third kappa shape index (κ3) is 3.57. The van der Waals surface area contributed by atoms with E-state index in [2.05, 4.69) is 157 Å². The number of benzene rings is 6. The molecule has 0 saturated heterocycles. The molecule has 0 bridgehead atoms. The Morgan fingerprint density at radius 1 is 0.622 bits per heavy atom. The van der Waals surface area contributed by atoms with Gasteiger partial charge in [-0.2, -0.15) is 0 Å².